The molecule has 1 amide bonds. The molecule has 0 fully saturated rings. The molecule has 7 nitrogen and oxygen atoms in total. The van der Waals surface area contributed by atoms with Crippen LogP contribution in [-0.2, 0) is 14.3 Å². The Labute approximate surface area is 182 Å². The molecule has 1 N–H and O–H groups in total. The number of nitrogens with one attached hydrogen (secondary N) is 1. The fourth-order valence-corrected chi connectivity index (χ4v) is 2.83. The zero-order valence-corrected chi connectivity index (χ0v) is 18.6. The first-order valence-electron chi connectivity index (χ1n) is 10.1. The minimum absolute atomic E-state index is 0.0251. The Bertz CT molecular complexity index is 914. The number of esters is 2. The Hall–Kier alpha value is -3.35. The number of hydrogen-bond acceptors (Lipinski definition) is 6. The predicted octanol–water partition coefficient (Wildman–Crippen LogP) is 4.07. The predicted molar refractivity (Wildman–Crippen MR) is 116 cm³/mol. The number of carbonyl (C=O) groups excluding carboxylic acids is 3. The lowest BCUT2D eigenvalue weighted by Gasteiger charge is -2.20. The highest BCUT2D eigenvalue weighted by Gasteiger charge is 2.22. The smallest absolute Gasteiger partial charge is 0.338 e. The number of amides is 1. The Morgan fingerprint density at radius 2 is 1.65 bits per heavy atom. The van der Waals surface area contributed by atoms with E-state index in [1.54, 1.807) is 71.2 Å². The minimum atomic E-state index is -0.607. The maximum atomic E-state index is 12.8. The van der Waals surface area contributed by atoms with Crippen molar-refractivity contribution in [3.8, 4) is 5.75 Å². The van der Waals surface area contributed by atoms with E-state index in [9.17, 15) is 14.4 Å². The highest BCUT2D eigenvalue weighted by atomic mass is 16.6. The molecule has 1 unspecified atom stereocenters. The second-order valence-corrected chi connectivity index (χ2v) is 7.89. The van der Waals surface area contributed by atoms with Gasteiger partial charge in [0.2, 0.25) is 0 Å². The van der Waals surface area contributed by atoms with Crippen LogP contribution in [0.5, 0.6) is 5.75 Å². The summed E-state index contributed by atoms with van der Waals surface area (Å²) in [6.45, 7) is 7.34. The van der Waals surface area contributed by atoms with E-state index in [1.165, 1.54) is 12.1 Å². The Kier molecular flexibility index (Phi) is 8.19. The fraction of sp³-hybridized carbons (Fsp3) is 0.375. The number of rotatable bonds is 8. The fourth-order valence-electron chi connectivity index (χ4n) is 2.83. The van der Waals surface area contributed by atoms with Gasteiger partial charge in [-0.15, -0.1) is 0 Å². The van der Waals surface area contributed by atoms with E-state index in [1.807, 2.05) is 0 Å². The van der Waals surface area contributed by atoms with Crippen LogP contribution in [0.25, 0.3) is 0 Å². The molecule has 0 radical (unpaired) electrons. The average Bonchev–Trinajstić information content (AvgIpc) is 2.72. The van der Waals surface area contributed by atoms with Crippen LogP contribution in [0, 0.1) is 0 Å². The number of carbonyl (C=O) groups is 3. The third-order valence-electron chi connectivity index (χ3n) is 4.26. The van der Waals surface area contributed by atoms with E-state index >= 15 is 0 Å². The van der Waals surface area contributed by atoms with Crippen molar-refractivity contribution in [2.45, 2.75) is 45.8 Å². The van der Waals surface area contributed by atoms with Gasteiger partial charge >= 0.3 is 11.9 Å². The third-order valence-corrected chi connectivity index (χ3v) is 4.26. The van der Waals surface area contributed by atoms with Gasteiger partial charge in [0.05, 0.1) is 31.7 Å². The van der Waals surface area contributed by atoms with Gasteiger partial charge < -0.3 is 19.5 Å². The van der Waals surface area contributed by atoms with Gasteiger partial charge in [0.1, 0.15) is 11.4 Å². The lowest BCUT2D eigenvalue weighted by molar-refractivity contribution is -0.143. The highest BCUT2D eigenvalue weighted by molar-refractivity contribution is 5.96. The molecule has 0 aliphatic heterocycles. The van der Waals surface area contributed by atoms with Crippen molar-refractivity contribution >= 4 is 17.8 Å². The van der Waals surface area contributed by atoms with Crippen LogP contribution in [0.15, 0.2) is 48.5 Å². The second-order valence-electron chi connectivity index (χ2n) is 7.89. The molecule has 0 saturated heterocycles. The van der Waals surface area contributed by atoms with E-state index in [2.05, 4.69) is 5.32 Å². The lowest BCUT2D eigenvalue weighted by atomic mass is 10.0. The maximum absolute atomic E-state index is 12.8. The van der Waals surface area contributed by atoms with Gasteiger partial charge in [0.25, 0.3) is 5.91 Å². The molecule has 0 aliphatic carbocycles. The van der Waals surface area contributed by atoms with E-state index in [0.717, 1.165) is 0 Å². The zero-order valence-electron chi connectivity index (χ0n) is 18.6. The minimum Gasteiger partial charge on any atom is -0.497 e. The second kappa shape index (κ2) is 10.6. The van der Waals surface area contributed by atoms with Gasteiger partial charge in [-0.3, -0.25) is 9.59 Å². The van der Waals surface area contributed by atoms with Crippen LogP contribution >= 0.6 is 0 Å². The maximum Gasteiger partial charge on any atom is 0.338 e. The summed E-state index contributed by atoms with van der Waals surface area (Å²) in [6.07, 6.45) is -0.0251. The molecule has 166 valence electrons. The first-order valence-corrected chi connectivity index (χ1v) is 10.1. The van der Waals surface area contributed by atoms with Crippen molar-refractivity contribution in [2.75, 3.05) is 13.7 Å². The zero-order chi connectivity index (χ0) is 23.0. The summed E-state index contributed by atoms with van der Waals surface area (Å²) >= 11 is 0. The molecule has 7 heteroatoms. The summed E-state index contributed by atoms with van der Waals surface area (Å²) in [7, 11) is 1.55. The molecular weight excluding hydrogens is 398 g/mol. The van der Waals surface area contributed by atoms with Crippen LogP contribution < -0.4 is 10.1 Å². The summed E-state index contributed by atoms with van der Waals surface area (Å²) in [4.78, 5) is 37.1. The first kappa shape index (κ1) is 23.9. The molecule has 0 bridgehead atoms. The van der Waals surface area contributed by atoms with Crippen LogP contribution in [-0.4, -0.2) is 37.2 Å². The van der Waals surface area contributed by atoms with Gasteiger partial charge in [0.15, 0.2) is 0 Å². The summed E-state index contributed by atoms with van der Waals surface area (Å²) in [6, 6.07) is 12.7. The van der Waals surface area contributed by atoms with Crippen molar-refractivity contribution in [3.63, 3.8) is 0 Å². The van der Waals surface area contributed by atoms with Gasteiger partial charge in [-0.05, 0) is 69.7 Å². The van der Waals surface area contributed by atoms with Crippen LogP contribution in [0.4, 0.5) is 0 Å². The summed E-state index contributed by atoms with van der Waals surface area (Å²) < 4.78 is 15.6. The molecule has 0 aliphatic rings. The number of ether oxygens (including phenoxy) is 3. The lowest BCUT2D eigenvalue weighted by Crippen LogP contribution is -2.30. The van der Waals surface area contributed by atoms with E-state index in [-0.39, 0.29) is 18.9 Å². The molecule has 2 aromatic rings. The molecule has 0 spiro atoms. The Morgan fingerprint density at radius 3 is 2.23 bits per heavy atom. The normalized spacial score (nSPS) is 11.9. The molecule has 2 rings (SSSR count). The van der Waals surface area contributed by atoms with Crippen molar-refractivity contribution < 1.29 is 28.6 Å². The monoisotopic (exact) mass is 427 g/mol. The standard InChI is InChI=1S/C24H29NO6/c1-6-30-21(26)15-20(18-8-7-9-19(14-18)29-5)25-22(27)16-10-12-17(13-11-16)23(28)31-24(2,3)4/h7-14,20H,6,15H2,1-5H3,(H,25,27). The van der Waals surface area contributed by atoms with Gasteiger partial charge in [-0.2, -0.15) is 0 Å². The van der Waals surface area contributed by atoms with Crippen molar-refractivity contribution in [2.24, 2.45) is 0 Å². The average molecular weight is 427 g/mol. The summed E-state index contributed by atoms with van der Waals surface area (Å²) in [5.74, 6) is -0.651. The molecule has 0 saturated carbocycles. The SMILES string of the molecule is CCOC(=O)CC(NC(=O)c1ccc(C(=O)OC(C)(C)C)cc1)c1cccc(OC)c1. The van der Waals surface area contributed by atoms with Gasteiger partial charge in [0, 0.05) is 5.56 Å². The number of benzene rings is 2. The summed E-state index contributed by atoms with van der Waals surface area (Å²) in [5, 5.41) is 2.87. The molecule has 1 atom stereocenters. The Morgan fingerprint density at radius 1 is 1.00 bits per heavy atom. The molecule has 31 heavy (non-hydrogen) atoms. The van der Waals surface area contributed by atoms with E-state index < -0.39 is 23.6 Å². The van der Waals surface area contributed by atoms with Gasteiger partial charge in [-0.1, -0.05) is 12.1 Å². The van der Waals surface area contributed by atoms with E-state index in [0.29, 0.717) is 22.4 Å². The van der Waals surface area contributed by atoms with Crippen LogP contribution in [0.1, 0.15) is 66.4 Å². The van der Waals surface area contributed by atoms with Crippen LogP contribution in [0.3, 0.4) is 0 Å². The highest BCUT2D eigenvalue weighted by Crippen LogP contribution is 2.23. The third kappa shape index (κ3) is 7.44. The summed E-state index contributed by atoms with van der Waals surface area (Å²) in [5.41, 5.74) is 0.807. The number of methoxy groups -OCH3 is 1. The molecular formula is C24H29NO6. The van der Waals surface area contributed by atoms with Gasteiger partial charge in [-0.25, -0.2) is 4.79 Å². The van der Waals surface area contributed by atoms with Crippen molar-refractivity contribution in [1.82, 2.24) is 5.32 Å². The molecule has 0 aromatic heterocycles. The quantitative estimate of drug-likeness (QED) is 0.639. The van der Waals surface area contributed by atoms with Crippen molar-refractivity contribution in [3.05, 3.63) is 65.2 Å². The topological polar surface area (TPSA) is 90.9 Å². The largest absolute Gasteiger partial charge is 0.497 e. The number of hydrogen-bond donors (Lipinski definition) is 1. The first-order chi connectivity index (χ1) is 14.6. The van der Waals surface area contributed by atoms with E-state index in [4.69, 9.17) is 14.2 Å². The molecule has 2 aromatic carbocycles. The Balaban J connectivity index is 2.18. The van der Waals surface area contributed by atoms with Crippen molar-refractivity contribution in [1.29, 1.82) is 0 Å². The van der Waals surface area contributed by atoms with Crippen LogP contribution in [0.2, 0.25) is 0 Å². The molecule has 0 heterocycles.